The summed E-state index contributed by atoms with van der Waals surface area (Å²) in [5, 5.41) is 8.89. The van der Waals surface area contributed by atoms with E-state index in [0.717, 1.165) is 30.1 Å². The number of hydrogen-bond donors (Lipinski definition) is 1. The number of allylic oxidation sites excluding steroid dienone is 1. The second-order valence-electron chi connectivity index (χ2n) is 10.2. The van der Waals surface area contributed by atoms with Gasteiger partial charge in [-0.2, -0.15) is 0 Å². The predicted molar refractivity (Wildman–Crippen MR) is 124 cm³/mol. The summed E-state index contributed by atoms with van der Waals surface area (Å²) < 4.78 is 0. The summed E-state index contributed by atoms with van der Waals surface area (Å²) in [6, 6.07) is 0. The third-order valence-corrected chi connectivity index (χ3v) is 9.46. The summed E-state index contributed by atoms with van der Waals surface area (Å²) >= 11 is 0. The summed E-state index contributed by atoms with van der Waals surface area (Å²) in [6.45, 7) is 13.2. The van der Waals surface area contributed by atoms with E-state index in [2.05, 4.69) is 13.8 Å². The highest BCUT2D eigenvalue weighted by Gasteiger charge is 2.59. The molecule has 2 nitrogen and oxygen atoms in total. The Labute approximate surface area is 180 Å². The molecule has 0 heterocycles. The van der Waals surface area contributed by atoms with Crippen molar-refractivity contribution in [3.8, 4) is 0 Å². The molecule has 29 heavy (non-hydrogen) atoms. The van der Waals surface area contributed by atoms with Crippen molar-refractivity contribution in [2.75, 3.05) is 0 Å². The largest absolute Gasteiger partial charge is 0.478 e. The van der Waals surface area contributed by atoms with E-state index >= 15 is 0 Å². The van der Waals surface area contributed by atoms with E-state index in [9.17, 15) is 4.79 Å². The first-order valence-corrected chi connectivity index (χ1v) is 12.8. The Balaban J connectivity index is 0.000000707. The van der Waals surface area contributed by atoms with Crippen LogP contribution in [0.15, 0.2) is 12.2 Å². The number of carboxylic acid groups (broad SMARTS) is 1. The van der Waals surface area contributed by atoms with E-state index in [0.29, 0.717) is 16.7 Å². The quantitative estimate of drug-likeness (QED) is 0.482. The number of aliphatic carboxylic acids is 1. The molecule has 4 fully saturated rings. The molecule has 0 radical (unpaired) electrons. The number of carbonyl (C=O) groups is 1. The first kappa shape index (κ1) is 24.5. The highest BCUT2D eigenvalue weighted by atomic mass is 16.4. The van der Waals surface area contributed by atoms with E-state index in [1.54, 1.807) is 0 Å². The Bertz CT molecular complexity index is 553. The van der Waals surface area contributed by atoms with Crippen LogP contribution in [0, 0.1) is 40.4 Å². The Hall–Kier alpha value is -0.790. The van der Waals surface area contributed by atoms with Crippen molar-refractivity contribution in [1.29, 1.82) is 0 Å². The Kier molecular flexibility index (Phi) is 8.86. The van der Waals surface area contributed by atoms with Crippen molar-refractivity contribution in [3.63, 3.8) is 0 Å². The third kappa shape index (κ3) is 4.62. The Morgan fingerprint density at radius 1 is 0.862 bits per heavy atom. The van der Waals surface area contributed by atoms with Crippen LogP contribution in [0.2, 0.25) is 0 Å². The smallest absolute Gasteiger partial charge is 0.327 e. The molecule has 0 aromatic rings. The molecule has 0 amide bonds. The average Bonchev–Trinajstić information content (AvgIpc) is 3.07. The molecule has 0 aromatic carbocycles. The predicted octanol–water partition coefficient (Wildman–Crippen LogP) is 8.12. The van der Waals surface area contributed by atoms with Crippen molar-refractivity contribution < 1.29 is 9.90 Å². The Morgan fingerprint density at radius 3 is 2.24 bits per heavy atom. The van der Waals surface area contributed by atoms with Gasteiger partial charge in [0.25, 0.3) is 0 Å². The molecule has 0 aromatic heterocycles. The maximum atomic E-state index is 10.8. The fourth-order valence-electron chi connectivity index (χ4n) is 8.12. The standard InChI is InChI=1S/C23H36O2.2C2H6/c1-22-14-4-3-6-16(22)9-11-18-19-12-10-17(7-5-8-21(24)25)23(19,2)15-13-20(18)22;2*1-2/h5,8,16-20H,3-4,6-7,9-15H2,1-2H3,(H,24,25);2*1-2H3/b8-5+;;. The van der Waals surface area contributed by atoms with Crippen LogP contribution in [-0.4, -0.2) is 11.1 Å². The van der Waals surface area contributed by atoms with Crippen molar-refractivity contribution in [2.45, 2.75) is 112 Å². The number of hydrogen-bond acceptors (Lipinski definition) is 1. The molecule has 0 saturated heterocycles. The molecule has 4 rings (SSSR count). The number of carboxylic acids is 1. The van der Waals surface area contributed by atoms with Gasteiger partial charge in [-0.25, -0.2) is 4.79 Å². The lowest BCUT2D eigenvalue weighted by molar-refractivity contribution is -0.131. The highest BCUT2D eigenvalue weighted by Crippen LogP contribution is 2.67. The van der Waals surface area contributed by atoms with Crippen LogP contribution in [0.1, 0.15) is 112 Å². The lowest BCUT2D eigenvalue weighted by atomic mass is 9.45. The van der Waals surface area contributed by atoms with Crippen LogP contribution in [-0.2, 0) is 4.79 Å². The summed E-state index contributed by atoms with van der Waals surface area (Å²) in [5.41, 5.74) is 1.09. The normalized spacial score (nSPS) is 43.0. The molecule has 4 aliphatic carbocycles. The monoisotopic (exact) mass is 404 g/mol. The van der Waals surface area contributed by atoms with Gasteiger partial charge in [-0.05, 0) is 98.2 Å². The zero-order valence-corrected chi connectivity index (χ0v) is 20.2. The maximum absolute atomic E-state index is 10.8. The van der Waals surface area contributed by atoms with Gasteiger partial charge >= 0.3 is 5.97 Å². The maximum Gasteiger partial charge on any atom is 0.327 e. The third-order valence-electron chi connectivity index (χ3n) is 9.46. The summed E-state index contributed by atoms with van der Waals surface area (Å²) in [7, 11) is 0. The lowest BCUT2D eigenvalue weighted by Gasteiger charge is -2.60. The molecular formula is C27H48O2. The fraction of sp³-hybridized carbons (Fsp3) is 0.889. The van der Waals surface area contributed by atoms with Gasteiger partial charge < -0.3 is 5.11 Å². The second kappa shape index (κ2) is 10.5. The summed E-state index contributed by atoms with van der Waals surface area (Å²) in [5.74, 6) is 3.72. The highest BCUT2D eigenvalue weighted by molar-refractivity contribution is 5.79. The van der Waals surface area contributed by atoms with Gasteiger partial charge in [-0.15, -0.1) is 0 Å². The zero-order chi connectivity index (χ0) is 21.7. The van der Waals surface area contributed by atoms with Gasteiger partial charge in [-0.1, -0.05) is 60.5 Å². The van der Waals surface area contributed by atoms with Crippen LogP contribution in [0.4, 0.5) is 0 Å². The summed E-state index contributed by atoms with van der Waals surface area (Å²) in [6.07, 6.45) is 18.6. The van der Waals surface area contributed by atoms with Crippen LogP contribution in [0.3, 0.4) is 0 Å². The van der Waals surface area contributed by atoms with Crippen LogP contribution >= 0.6 is 0 Å². The van der Waals surface area contributed by atoms with E-state index in [1.165, 1.54) is 70.3 Å². The van der Waals surface area contributed by atoms with E-state index in [-0.39, 0.29) is 0 Å². The number of fused-ring (bicyclic) bond motifs is 5. The van der Waals surface area contributed by atoms with Crippen LogP contribution < -0.4 is 0 Å². The molecule has 0 spiro atoms. The minimum Gasteiger partial charge on any atom is -0.478 e. The van der Waals surface area contributed by atoms with Gasteiger partial charge in [0.15, 0.2) is 0 Å². The second-order valence-corrected chi connectivity index (χ2v) is 10.2. The van der Waals surface area contributed by atoms with Crippen molar-refractivity contribution >= 4 is 5.97 Å². The molecule has 4 aliphatic rings. The fourth-order valence-corrected chi connectivity index (χ4v) is 8.12. The molecule has 0 bridgehead atoms. The first-order chi connectivity index (χ1) is 13.9. The lowest BCUT2D eigenvalue weighted by Crippen LogP contribution is -2.52. The van der Waals surface area contributed by atoms with Gasteiger partial charge in [0.05, 0.1) is 0 Å². The number of rotatable bonds is 3. The van der Waals surface area contributed by atoms with E-state index < -0.39 is 5.97 Å². The minimum atomic E-state index is -0.799. The first-order valence-electron chi connectivity index (χ1n) is 12.8. The van der Waals surface area contributed by atoms with Crippen molar-refractivity contribution in [3.05, 3.63) is 12.2 Å². The van der Waals surface area contributed by atoms with Gasteiger partial charge in [0, 0.05) is 6.08 Å². The van der Waals surface area contributed by atoms with E-state index in [4.69, 9.17) is 5.11 Å². The molecule has 4 saturated carbocycles. The molecule has 2 heteroatoms. The van der Waals surface area contributed by atoms with Crippen LogP contribution in [0.5, 0.6) is 0 Å². The topological polar surface area (TPSA) is 37.3 Å². The van der Waals surface area contributed by atoms with Gasteiger partial charge in [0.1, 0.15) is 0 Å². The van der Waals surface area contributed by atoms with Gasteiger partial charge in [0.2, 0.25) is 0 Å². The summed E-state index contributed by atoms with van der Waals surface area (Å²) in [4.78, 5) is 10.8. The van der Waals surface area contributed by atoms with Crippen LogP contribution in [0.25, 0.3) is 0 Å². The molecule has 0 aliphatic heterocycles. The van der Waals surface area contributed by atoms with E-state index in [1.807, 2.05) is 33.8 Å². The molecular weight excluding hydrogens is 356 g/mol. The molecule has 7 unspecified atom stereocenters. The Morgan fingerprint density at radius 2 is 1.55 bits per heavy atom. The molecule has 1 N–H and O–H groups in total. The van der Waals surface area contributed by atoms with Crippen molar-refractivity contribution in [1.82, 2.24) is 0 Å². The molecule has 168 valence electrons. The SMILES string of the molecule is CC.CC.CC12CCC3C(CCC4CCCCC43C)C1CCC2C/C=C/C(=O)O. The molecule has 7 atom stereocenters. The minimum absolute atomic E-state index is 0.460. The van der Waals surface area contributed by atoms with Crippen molar-refractivity contribution in [2.24, 2.45) is 40.4 Å². The average molecular weight is 405 g/mol. The zero-order valence-electron chi connectivity index (χ0n) is 20.2. The van der Waals surface area contributed by atoms with Gasteiger partial charge in [-0.3, -0.25) is 0 Å².